The predicted octanol–water partition coefficient (Wildman–Crippen LogP) is 3.37. The zero-order chi connectivity index (χ0) is 15.7. The number of benzene rings is 1. The average Bonchev–Trinajstić information content (AvgIpc) is 2.46. The third kappa shape index (κ3) is 3.23. The molecule has 0 aliphatic carbocycles. The maximum atomic E-state index is 5.87. The number of hydrogen-bond donors (Lipinski definition) is 1. The van der Waals surface area contributed by atoms with Gasteiger partial charge in [-0.15, -0.1) is 0 Å². The first kappa shape index (κ1) is 15.6. The van der Waals surface area contributed by atoms with Crippen LogP contribution >= 0.6 is 0 Å². The minimum absolute atomic E-state index is 0.326. The lowest BCUT2D eigenvalue weighted by Gasteiger charge is -2.37. The van der Waals surface area contributed by atoms with Gasteiger partial charge in [0.2, 0.25) is 0 Å². The molecule has 0 saturated carbocycles. The molecule has 122 valence electrons. The van der Waals surface area contributed by atoms with Gasteiger partial charge in [0.25, 0.3) is 0 Å². The Labute approximate surface area is 133 Å². The SMILES string of the molecule is COc1cc(C)cc2c1OCCC2NC1CC(C)OC(C)C1. The van der Waals surface area contributed by atoms with Crippen molar-refractivity contribution in [3.8, 4) is 11.5 Å². The van der Waals surface area contributed by atoms with Crippen LogP contribution in [-0.4, -0.2) is 32.0 Å². The maximum Gasteiger partial charge on any atom is 0.165 e. The summed E-state index contributed by atoms with van der Waals surface area (Å²) in [6.07, 6.45) is 3.79. The van der Waals surface area contributed by atoms with Crippen molar-refractivity contribution in [2.24, 2.45) is 0 Å². The molecule has 0 amide bonds. The first-order chi connectivity index (χ1) is 10.6. The molecule has 3 atom stereocenters. The van der Waals surface area contributed by atoms with Crippen molar-refractivity contribution in [2.75, 3.05) is 13.7 Å². The molecule has 2 heterocycles. The number of hydrogen-bond acceptors (Lipinski definition) is 4. The van der Waals surface area contributed by atoms with E-state index in [2.05, 4.69) is 32.2 Å². The molecule has 1 N–H and O–H groups in total. The normalized spacial score (nSPS) is 31.3. The van der Waals surface area contributed by atoms with Gasteiger partial charge in [-0.05, 0) is 45.2 Å². The second-order valence-corrected chi connectivity index (χ2v) is 6.67. The molecule has 0 aromatic heterocycles. The first-order valence-corrected chi connectivity index (χ1v) is 8.29. The Balaban J connectivity index is 1.81. The number of nitrogens with one attached hydrogen (secondary N) is 1. The minimum Gasteiger partial charge on any atom is -0.493 e. The molecule has 0 spiro atoms. The lowest BCUT2D eigenvalue weighted by Crippen LogP contribution is -2.43. The van der Waals surface area contributed by atoms with Crippen LogP contribution in [0.2, 0.25) is 0 Å². The van der Waals surface area contributed by atoms with Crippen molar-refractivity contribution in [2.45, 2.75) is 64.3 Å². The van der Waals surface area contributed by atoms with Gasteiger partial charge >= 0.3 is 0 Å². The second-order valence-electron chi connectivity index (χ2n) is 6.67. The molecule has 0 radical (unpaired) electrons. The van der Waals surface area contributed by atoms with Gasteiger partial charge in [0.05, 0.1) is 25.9 Å². The highest BCUT2D eigenvalue weighted by atomic mass is 16.5. The molecule has 1 aromatic carbocycles. The summed E-state index contributed by atoms with van der Waals surface area (Å²) in [4.78, 5) is 0. The number of ether oxygens (including phenoxy) is 3. The zero-order valence-corrected chi connectivity index (χ0v) is 14.0. The Bertz CT molecular complexity index is 521. The van der Waals surface area contributed by atoms with Crippen LogP contribution in [0.5, 0.6) is 11.5 Å². The van der Waals surface area contributed by atoms with Gasteiger partial charge in [0.15, 0.2) is 11.5 Å². The van der Waals surface area contributed by atoms with Crippen LogP contribution in [0.1, 0.15) is 50.3 Å². The molecular weight excluding hydrogens is 278 g/mol. The summed E-state index contributed by atoms with van der Waals surface area (Å²) in [5.74, 6) is 1.75. The molecule has 2 aliphatic rings. The lowest BCUT2D eigenvalue weighted by molar-refractivity contribution is -0.0442. The van der Waals surface area contributed by atoms with Crippen LogP contribution in [0, 0.1) is 6.92 Å². The van der Waals surface area contributed by atoms with Crippen molar-refractivity contribution < 1.29 is 14.2 Å². The fourth-order valence-electron chi connectivity index (χ4n) is 3.77. The van der Waals surface area contributed by atoms with Crippen molar-refractivity contribution in [1.29, 1.82) is 0 Å². The van der Waals surface area contributed by atoms with E-state index in [0.29, 0.717) is 24.3 Å². The highest BCUT2D eigenvalue weighted by molar-refractivity contribution is 5.51. The average molecular weight is 305 g/mol. The van der Waals surface area contributed by atoms with Gasteiger partial charge in [-0.25, -0.2) is 0 Å². The van der Waals surface area contributed by atoms with Crippen molar-refractivity contribution in [3.05, 3.63) is 23.3 Å². The van der Waals surface area contributed by atoms with Crippen molar-refractivity contribution >= 4 is 0 Å². The molecule has 3 rings (SSSR count). The second kappa shape index (κ2) is 6.47. The zero-order valence-electron chi connectivity index (χ0n) is 14.0. The first-order valence-electron chi connectivity index (χ1n) is 8.29. The highest BCUT2D eigenvalue weighted by Gasteiger charge is 2.30. The number of aryl methyl sites for hydroxylation is 1. The standard InChI is InChI=1S/C18H27NO3/c1-11-7-15-16(5-6-21-18(15)17(8-11)20-4)19-14-9-12(2)22-13(3)10-14/h7-8,12-14,16,19H,5-6,9-10H2,1-4H3. The van der Waals surface area contributed by atoms with E-state index in [9.17, 15) is 0 Å². The van der Waals surface area contributed by atoms with E-state index in [1.165, 1.54) is 11.1 Å². The third-order valence-electron chi connectivity index (χ3n) is 4.61. The molecule has 1 fully saturated rings. The Kier molecular flexibility index (Phi) is 4.59. The number of methoxy groups -OCH3 is 1. The molecule has 4 heteroatoms. The fraction of sp³-hybridized carbons (Fsp3) is 0.667. The maximum absolute atomic E-state index is 5.87. The largest absolute Gasteiger partial charge is 0.493 e. The molecule has 0 bridgehead atoms. The summed E-state index contributed by atoms with van der Waals surface area (Å²) in [6.45, 7) is 7.16. The summed E-state index contributed by atoms with van der Waals surface area (Å²) in [7, 11) is 1.71. The lowest BCUT2D eigenvalue weighted by atomic mass is 9.94. The number of rotatable bonds is 3. The monoisotopic (exact) mass is 305 g/mol. The van der Waals surface area contributed by atoms with E-state index >= 15 is 0 Å². The van der Waals surface area contributed by atoms with Crippen molar-refractivity contribution in [1.82, 2.24) is 5.32 Å². The van der Waals surface area contributed by atoms with E-state index in [1.54, 1.807) is 7.11 Å². The van der Waals surface area contributed by atoms with Gasteiger partial charge in [-0.3, -0.25) is 0 Å². The number of fused-ring (bicyclic) bond motifs is 1. The van der Waals surface area contributed by atoms with Crippen LogP contribution < -0.4 is 14.8 Å². The molecule has 22 heavy (non-hydrogen) atoms. The quantitative estimate of drug-likeness (QED) is 0.929. The van der Waals surface area contributed by atoms with Crippen LogP contribution in [0.4, 0.5) is 0 Å². The molecule has 1 saturated heterocycles. The van der Waals surface area contributed by atoms with Gasteiger partial charge < -0.3 is 19.5 Å². The van der Waals surface area contributed by atoms with Gasteiger partial charge in [0.1, 0.15) is 0 Å². The molecule has 3 unspecified atom stereocenters. The van der Waals surface area contributed by atoms with Gasteiger partial charge in [-0.2, -0.15) is 0 Å². The highest BCUT2D eigenvalue weighted by Crippen LogP contribution is 2.41. The van der Waals surface area contributed by atoms with Gasteiger partial charge in [-0.1, -0.05) is 6.07 Å². The topological polar surface area (TPSA) is 39.7 Å². The molecule has 2 aliphatic heterocycles. The van der Waals surface area contributed by atoms with E-state index in [-0.39, 0.29) is 0 Å². The van der Waals surface area contributed by atoms with E-state index < -0.39 is 0 Å². The van der Waals surface area contributed by atoms with Crippen LogP contribution in [-0.2, 0) is 4.74 Å². The Morgan fingerprint density at radius 1 is 1.18 bits per heavy atom. The minimum atomic E-state index is 0.326. The Morgan fingerprint density at radius 3 is 2.59 bits per heavy atom. The summed E-state index contributed by atoms with van der Waals surface area (Å²) in [6, 6.07) is 5.10. The van der Waals surface area contributed by atoms with Crippen LogP contribution in [0.15, 0.2) is 12.1 Å². The summed E-state index contributed by atoms with van der Waals surface area (Å²) < 4.78 is 17.2. The molecular formula is C18H27NO3. The van der Waals surface area contributed by atoms with E-state index in [1.807, 2.05) is 6.07 Å². The van der Waals surface area contributed by atoms with E-state index in [4.69, 9.17) is 14.2 Å². The Hall–Kier alpha value is -1.26. The Morgan fingerprint density at radius 2 is 1.91 bits per heavy atom. The predicted molar refractivity (Wildman–Crippen MR) is 86.8 cm³/mol. The summed E-state index contributed by atoms with van der Waals surface area (Å²) in [5.41, 5.74) is 2.44. The van der Waals surface area contributed by atoms with Crippen LogP contribution in [0.3, 0.4) is 0 Å². The van der Waals surface area contributed by atoms with Crippen molar-refractivity contribution in [3.63, 3.8) is 0 Å². The van der Waals surface area contributed by atoms with E-state index in [0.717, 1.165) is 37.4 Å². The van der Waals surface area contributed by atoms with Gasteiger partial charge in [0, 0.05) is 24.1 Å². The fourth-order valence-corrected chi connectivity index (χ4v) is 3.77. The molecule has 1 aromatic rings. The summed E-state index contributed by atoms with van der Waals surface area (Å²) in [5, 5.41) is 3.84. The van der Waals surface area contributed by atoms with Crippen LogP contribution in [0.25, 0.3) is 0 Å². The molecule has 4 nitrogen and oxygen atoms in total. The summed E-state index contributed by atoms with van der Waals surface area (Å²) >= 11 is 0. The third-order valence-corrected chi connectivity index (χ3v) is 4.61. The smallest absolute Gasteiger partial charge is 0.165 e.